The van der Waals surface area contributed by atoms with E-state index in [9.17, 15) is 112 Å². The van der Waals surface area contributed by atoms with Gasteiger partial charge in [-0.1, -0.05) is 53.2 Å². The molecule has 0 aromatic rings. The van der Waals surface area contributed by atoms with E-state index >= 15 is 4.79 Å². The van der Waals surface area contributed by atoms with E-state index in [4.69, 9.17) is 66.3 Å². The summed E-state index contributed by atoms with van der Waals surface area (Å²) in [6, 6.07) is 0. The fraction of sp³-hybridized carbons (Fsp3) is 0.957. The zero-order valence-electron chi connectivity index (χ0n) is 60.3. The molecule has 7 heterocycles. The molecule has 0 aromatic heterocycles. The normalized spacial score (nSPS) is 56.1. The minimum atomic E-state index is -2.28. The van der Waals surface area contributed by atoms with Crippen molar-refractivity contribution in [1.82, 2.24) is 0 Å². The van der Waals surface area contributed by atoms with Gasteiger partial charge in [0, 0.05) is 11.3 Å². The molecule has 0 spiro atoms. The summed E-state index contributed by atoms with van der Waals surface area (Å²) in [4.78, 5) is 15.8. The van der Waals surface area contributed by atoms with Crippen LogP contribution in [0.25, 0.3) is 0 Å². The third-order valence-electron chi connectivity index (χ3n) is 26.6. The summed E-state index contributed by atoms with van der Waals surface area (Å²) in [5, 5.41) is 248. The highest BCUT2D eigenvalue weighted by Crippen LogP contribution is 2.76. The Kier molecular flexibility index (Phi) is 24.2. The lowest BCUT2D eigenvalue weighted by Crippen LogP contribution is -2.73. The fourth-order valence-corrected chi connectivity index (χ4v) is 20.5. The number of rotatable bonds is 18. The van der Waals surface area contributed by atoms with Crippen molar-refractivity contribution >= 4 is 5.97 Å². The molecule has 7 aliphatic heterocycles. The Labute approximate surface area is 610 Å². The molecule has 37 nitrogen and oxygen atoms in total. The van der Waals surface area contributed by atoms with Crippen molar-refractivity contribution in [2.75, 3.05) is 46.2 Å². The molecule has 7 saturated heterocycles. The Morgan fingerprint density at radius 2 is 1.03 bits per heavy atom. The molecule has 0 aromatic carbocycles. The van der Waals surface area contributed by atoms with Crippen molar-refractivity contribution < 1.29 is 183 Å². The molecular formula is C69H112O37. The molecule has 0 amide bonds. The van der Waals surface area contributed by atoms with Crippen LogP contribution in [0.1, 0.15) is 100 Å². The van der Waals surface area contributed by atoms with E-state index < -0.39 is 317 Å². The average Bonchev–Trinajstić information content (AvgIpc) is 0.710. The third-order valence-corrected chi connectivity index (χ3v) is 26.6. The minimum Gasteiger partial charge on any atom is -0.432 e. The zero-order valence-corrected chi connectivity index (χ0v) is 60.3. The van der Waals surface area contributed by atoms with E-state index in [2.05, 4.69) is 6.08 Å². The van der Waals surface area contributed by atoms with Crippen LogP contribution in [0.5, 0.6) is 0 Å². The van der Waals surface area contributed by atoms with Gasteiger partial charge in [-0.05, 0) is 92.3 Å². The van der Waals surface area contributed by atoms with Crippen LogP contribution in [0.3, 0.4) is 0 Å². The van der Waals surface area contributed by atoms with E-state index in [1.165, 1.54) is 13.8 Å². The zero-order chi connectivity index (χ0) is 77.5. The second-order valence-corrected chi connectivity index (χ2v) is 33.7. The van der Waals surface area contributed by atoms with Gasteiger partial charge >= 0.3 is 5.97 Å². The first-order valence-electron chi connectivity index (χ1n) is 36.7. The Balaban J connectivity index is 0.787. The molecule has 43 unspecified atom stereocenters. The number of carbonyl (C=O) groups is 1. The van der Waals surface area contributed by atoms with Gasteiger partial charge in [0.15, 0.2) is 43.8 Å². The molecule has 0 bridgehead atoms. The molecule has 4 saturated carbocycles. The monoisotopic (exact) mass is 1530 g/mol. The highest BCUT2D eigenvalue weighted by Gasteiger charge is 2.75. The van der Waals surface area contributed by atoms with Gasteiger partial charge < -0.3 is 179 Å². The maximum atomic E-state index is 15.8. The van der Waals surface area contributed by atoms with Crippen LogP contribution >= 0.6 is 0 Å². The van der Waals surface area contributed by atoms with Crippen molar-refractivity contribution in [3.05, 3.63) is 11.6 Å². The number of hydrogen-bond acceptors (Lipinski definition) is 37. The van der Waals surface area contributed by atoms with Gasteiger partial charge in [-0.3, -0.25) is 4.79 Å². The quantitative estimate of drug-likeness (QED) is 0.0344. The summed E-state index contributed by atoms with van der Waals surface area (Å²) >= 11 is 0. The first-order valence-corrected chi connectivity index (χ1v) is 36.7. The number of fused-ring (bicyclic) bond motifs is 7. The highest BCUT2D eigenvalue weighted by molar-refractivity contribution is 5.80. The standard InChI is InChI=1S/C69H112O37/c1-24-36(79)40(83)42(85)56(96-24)101-48-31(77)20-93-55(44(48)87)100-47-25(2)97-58(46(89)50(47)103-61-53(90)68(92,22-73)23-95-61)104-51-37(80)30(76)19-94-60(51)106-62(91)69-12-11-63(3,4)13-27(69)26-9-10-34-64(5)14-29(75)54(65(6,21-72)52(64)28(74)15-67(34,8)66(26,7)16-35(69)78)105-59-45(88)49(39(82)33(18-71)99-59)102-57-43(86)41(84)38(81)32(17-70)98-57/h9,24-25,27-61,70-90,92H,10-23H2,1-8H3. The summed E-state index contributed by atoms with van der Waals surface area (Å²) < 4.78 is 83.5. The van der Waals surface area contributed by atoms with Crippen LogP contribution in [0.4, 0.5) is 0 Å². The van der Waals surface area contributed by atoms with Gasteiger partial charge in [0.1, 0.15) is 133 Å². The fourth-order valence-electron chi connectivity index (χ4n) is 20.5. The number of ether oxygens (including phenoxy) is 14. The predicted octanol–water partition coefficient (Wildman–Crippen LogP) is -8.70. The average molecular weight is 1530 g/mol. The van der Waals surface area contributed by atoms with Crippen LogP contribution in [0.15, 0.2) is 11.6 Å². The number of hydrogen-bond donors (Lipinski definition) is 22. The third kappa shape index (κ3) is 13.9. The topological polar surface area (TPSA) is 591 Å². The molecule has 11 fully saturated rings. The molecule has 0 radical (unpaired) electrons. The van der Waals surface area contributed by atoms with Gasteiger partial charge in [-0.15, -0.1) is 0 Å². The van der Waals surface area contributed by atoms with Crippen LogP contribution < -0.4 is 0 Å². The van der Waals surface area contributed by atoms with E-state index in [1.807, 2.05) is 34.6 Å². The van der Waals surface area contributed by atoms with Crippen molar-refractivity contribution in [3.63, 3.8) is 0 Å². The van der Waals surface area contributed by atoms with Crippen molar-refractivity contribution in [2.45, 2.75) is 315 Å². The molecular weight excluding hydrogens is 1420 g/mol. The van der Waals surface area contributed by atoms with Crippen molar-refractivity contribution in [1.29, 1.82) is 0 Å². The molecule has 106 heavy (non-hydrogen) atoms. The summed E-state index contributed by atoms with van der Waals surface area (Å²) in [6.07, 6.45) is -56.1. The molecule has 12 aliphatic rings. The lowest BCUT2D eigenvalue weighted by Gasteiger charge is -2.73. The van der Waals surface area contributed by atoms with Gasteiger partial charge in [-0.2, -0.15) is 0 Å². The van der Waals surface area contributed by atoms with Crippen LogP contribution in [-0.4, -0.2) is 379 Å². The number of aliphatic hydroxyl groups is 22. The van der Waals surface area contributed by atoms with Crippen LogP contribution in [-0.2, 0) is 71.1 Å². The lowest BCUT2D eigenvalue weighted by atomic mass is 9.32. The Morgan fingerprint density at radius 3 is 1.67 bits per heavy atom. The van der Waals surface area contributed by atoms with E-state index in [0.29, 0.717) is 19.3 Å². The molecule has 5 aliphatic carbocycles. The summed E-state index contributed by atoms with van der Waals surface area (Å²) in [7, 11) is 0. The first-order chi connectivity index (χ1) is 49.6. The Bertz CT molecular complexity index is 3050. The molecule has 610 valence electrons. The number of allylic oxidation sites excluding steroid dienone is 2. The smallest absolute Gasteiger partial charge is 0.317 e. The van der Waals surface area contributed by atoms with Crippen LogP contribution in [0, 0.1) is 50.2 Å². The van der Waals surface area contributed by atoms with Crippen molar-refractivity contribution in [2.24, 2.45) is 50.2 Å². The predicted molar refractivity (Wildman–Crippen MR) is 345 cm³/mol. The Hall–Kier alpha value is -2.19. The summed E-state index contributed by atoms with van der Waals surface area (Å²) in [5.74, 6) is -3.09. The van der Waals surface area contributed by atoms with Gasteiger partial charge in [0.05, 0.1) is 82.9 Å². The van der Waals surface area contributed by atoms with E-state index in [1.54, 1.807) is 6.92 Å². The summed E-state index contributed by atoms with van der Waals surface area (Å²) in [6.45, 7) is 9.01. The van der Waals surface area contributed by atoms with Crippen molar-refractivity contribution in [3.8, 4) is 0 Å². The minimum absolute atomic E-state index is 0.0400. The maximum Gasteiger partial charge on any atom is 0.317 e. The second-order valence-electron chi connectivity index (χ2n) is 33.7. The first kappa shape index (κ1) is 83.2. The largest absolute Gasteiger partial charge is 0.432 e. The number of aliphatic hydroxyl groups excluding tert-OH is 21. The molecule has 37 heteroatoms. The Morgan fingerprint density at radius 1 is 0.481 bits per heavy atom. The van der Waals surface area contributed by atoms with Crippen LogP contribution in [0.2, 0.25) is 0 Å². The van der Waals surface area contributed by atoms with E-state index in [-0.39, 0.29) is 25.7 Å². The number of esters is 1. The van der Waals surface area contributed by atoms with Gasteiger partial charge in [0.2, 0.25) is 6.29 Å². The highest BCUT2D eigenvalue weighted by atomic mass is 16.8. The second kappa shape index (κ2) is 30.9. The van der Waals surface area contributed by atoms with E-state index in [0.717, 1.165) is 5.57 Å². The van der Waals surface area contributed by atoms with Gasteiger partial charge in [0.25, 0.3) is 0 Å². The maximum absolute atomic E-state index is 15.8. The SMILES string of the molecule is CC1OC(OC2C(O)COC(OC3C(C)OC(OC4C(OC(=O)C56CCC(C)(C)CC5C5=CCC7C8(C)CC(O)C(OC9OC(CO)C(O)C(OC%10OC(CO)C(O)C(O)C%10O)C9O)C(C)(CO)C8C(O)CC7(C)C5(C)CC6O)OCC(O)C4O)C(O)C3OC3OCC(O)(CO)C3O)C2O)C(O)C(O)C1O. The summed E-state index contributed by atoms with van der Waals surface area (Å²) in [5.41, 5.74) is -8.34. The lowest BCUT2D eigenvalue weighted by molar-refractivity contribution is -0.387. The van der Waals surface area contributed by atoms with Gasteiger partial charge in [-0.25, -0.2) is 0 Å². The molecule has 12 rings (SSSR count). The number of carbonyl (C=O) groups excluding carboxylic acids is 1. The molecule has 43 atom stereocenters. The molecule has 22 N–H and O–H groups in total.